The molecule has 2 aliphatic rings. The fraction of sp³-hybridized carbons (Fsp3) is 0.208. The number of nitro benzene ring substituents is 1. The lowest BCUT2D eigenvalue weighted by Crippen LogP contribution is -2.44. The monoisotopic (exact) mass is 523 g/mol. The molecule has 3 N–H and O–H groups in total. The van der Waals surface area contributed by atoms with Crippen LogP contribution >= 0.6 is 0 Å². The molecule has 0 radical (unpaired) electrons. The van der Waals surface area contributed by atoms with Crippen molar-refractivity contribution in [2.24, 2.45) is 0 Å². The molecule has 0 spiro atoms. The number of aliphatic hydroxyl groups is 1. The average Bonchev–Trinajstić information content (AvgIpc) is 3.25. The van der Waals surface area contributed by atoms with E-state index in [0.717, 1.165) is 0 Å². The molecule has 2 aliphatic heterocycles. The van der Waals surface area contributed by atoms with Gasteiger partial charge in [-0.25, -0.2) is 14.6 Å². The van der Waals surface area contributed by atoms with Crippen molar-refractivity contribution in [1.29, 1.82) is 0 Å². The van der Waals surface area contributed by atoms with Crippen molar-refractivity contribution in [3.05, 3.63) is 100 Å². The van der Waals surface area contributed by atoms with Gasteiger partial charge < -0.3 is 19.4 Å². The highest BCUT2D eigenvalue weighted by atomic mass is 19.1. The molecule has 0 bridgehead atoms. The standard InChI is InChI=1S/C20H15N3O6.C4H3FN2O2/c1-2-20(26)13-7-16-17-10(8-22(16)18(24)12(13)9-29-19(20)25)6-11-14(21-17)4-3-5-15(11)23(27)28;5-2-1-6-4(9)7-3(2)8/h3-7,26H,2,8-9H2,1H3;1H,(H2,6,7,8,9)/t20-;/m0./s1. The maximum atomic E-state index is 13.1. The number of nitrogens with one attached hydrogen (secondary N) is 2. The molecular weight excluding hydrogens is 505 g/mol. The third kappa shape index (κ3) is 3.78. The molecule has 1 aromatic carbocycles. The van der Waals surface area contributed by atoms with Gasteiger partial charge in [-0.2, -0.15) is 4.39 Å². The lowest BCUT2D eigenvalue weighted by Gasteiger charge is -2.31. The summed E-state index contributed by atoms with van der Waals surface area (Å²) in [5.74, 6) is -1.77. The number of carbonyl (C=O) groups is 1. The number of fused-ring (bicyclic) bond motifs is 5. The second-order valence-corrected chi connectivity index (χ2v) is 8.62. The van der Waals surface area contributed by atoms with E-state index >= 15 is 0 Å². The predicted molar refractivity (Wildman–Crippen MR) is 129 cm³/mol. The van der Waals surface area contributed by atoms with Crippen molar-refractivity contribution < 1.29 is 24.0 Å². The molecule has 3 aromatic heterocycles. The van der Waals surface area contributed by atoms with Crippen LogP contribution in [0.25, 0.3) is 22.3 Å². The fourth-order valence-corrected chi connectivity index (χ4v) is 4.54. The summed E-state index contributed by atoms with van der Waals surface area (Å²) in [6.45, 7) is 1.64. The number of cyclic esters (lactones) is 1. The number of nitro groups is 1. The van der Waals surface area contributed by atoms with Crippen molar-refractivity contribution in [2.75, 3.05) is 0 Å². The second-order valence-electron chi connectivity index (χ2n) is 8.62. The Kier molecular flexibility index (Phi) is 5.75. The maximum absolute atomic E-state index is 13.1. The molecule has 38 heavy (non-hydrogen) atoms. The van der Waals surface area contributed by atoms with E-state index in [2.05, 4.69) is 4.98 Å². The number of rotatable bonds is 2. The van der Waals surface area contributed by atoms with Crippen LogP contribution in [-0.2, 0) is 28.3 Å². The Labute approximate surface area is 210 Å². The zero-order chi connectivity index (χ0) is 27.4. The Morgan fingerprint density at radius 1 is 1.26 bits per heavy atom. The molecule has 6 rings (SSSR count). The molecule has 0 unspecified atom stereocenters. The highest BCUT2D eigenvalue weighted by Crippen LogP contribution is 2.39. The first kappa shape index (κ1) is 24.7. The summed E-state index contributed by atoms with van der Waals surface area (Å²) in [5.41, 5.74) is -1.47. The molecule has 0 fully saturated rings. The largest absolute Gasteiger partial charge is 0.458 e. The van der Waals surface area contributed by atoms with Crippen molar-refractivity contribution in [2.45, 2.75) is 32.1 Å². The lowest BCUT2D eigenvalue weighted by molar-refractivity contribution is -0.383. The smallest absolute Gasteiger partial charge is 0.343 e. The summed E-state index contributed by atoms with van der Waals surface area (Å²) in [7, 11) is 0. The Hall–Kier alpha value is -4.98. The number of hydrogen-bond acceptors (Lipinski definition) is 9. The zero-order valence-electron chi connectivity index (χ0n) is 19.6. The van der Waals surface area contributed by atoms with E-state index in [-0.39, 0.29) is 41.9 Å². The Balaban J connectivity index is 0.000000278. The number of nitrogens with zero attached hydrogens (tertiary/aromatic N) is 3. The first-order valence-corrected chi connectivity index (χ1v) is 11.3. The van der Waals surface area contributed by atoms with E-state index in [1.807, 2.05) is 4.98 Å². The molecule has 194 valence electrons. The Bertz CT molecular complexity index is 1840. The molecule has 5 heterocycles. The molecule has 13 nitrogen and oxygen atoms in total. The number of non-ortho nitro benzene ring substituents is 1. The number of esters is 1. The number of carbonyl (C=O) groups excluding carboxylic acids is 1. The highest BCUT2D eigenvalue weighted by molar-refractivity contribution is 5.91. The lowest BCUT2D eigenvalue weighted by atomic mass is 9.86. The first-order chi connectivity index (χ1) is 18.0. The van der Waals surface area contributed by atoms with Crippen LogP contribution < -0.4 is 16.8 Å². The van der Waals surface area contributed by atoms with Gasteiger partial charge in [0.05, 0.1) is 39.3 Å². The highest BCUT2D eigenvalue weighted by Gasteiger charge is 2.45. The van der Waals surface area contributed by atoms with Crippen LogP contribution in [0, 0.1) is 15.9 Å². The van der Waals surface area contributed by atoms with Gasteiger partial charge in [0.15, 0.2) is 5.60 Å². The number of halogens is 1. The molecule has 0 saturated carbocycles. The fourth-order valence-electron chi connectivity index (χ4n) is 4.54. The summed E-state index contributed by atoms with van der Waals surface area (Å²) < 4.78 is 18.5. The zero-order valence-corrected chi connectivity index (χ0v) is 19.6. The summed E-state index contributed by atoms with van der Waals surface area (Å²) in [6.07, 6.45) is 0.771. The number of aromatic amines is 2. The maximum Gasteiger partial charge on any atom is 0.343 e. The van der Waals surface area contributed by atoms with Gasteiger partial charge in [0, 0.05) is 23.4 Å². The minimum atomic E-state index is -1.89. The number of ether oxygens (including phenoxy) is 1. The van der Waals surface area contributed by atoms with Crippen LogP contribution in [0.1, 0.15) is 30.0 Å². The average molecular weight is 523 g/mol. The van der Waals surface area contributed by atoms with Gasteiger partial charge in [-0.15, -0.1) is 0 Å². The minimum absolute atomic E-state index is 0.0558. The van der Waals surface area contributed by atoms with Crippen molar-refractivity contribution in [1.82, 2.24) is 19.5 Å². The van der Waals surface area contributed by atoms with Gasteiger partial charge in [0.25, 0.3) is 16.8 Å². The van der Waals surface area contributed by atoms with Gasteiger partial charge in [-0.3, -0.25) is 24.7 Å². The van der Waals surface area contributed by atoms with Crippen LogP contribution in [-0.4, -0.2) is 35.5 Å². The van der Waals surface area contributed by atoms with E-state index in [1.54, 1.807) is 36.2 Å². The van der Waals surface area contributed by atoms with E-state index in [9.17, 15) is 38.8 Å². The van der Waals surface area contributed by atoms with Crippen LogP contribution in [0.5, 0.6) is 0 Å². The predicted octanol–water partition coefficient (Wildman–Crippen LogP) is 1.19. The summed E-state index contributed by atoms with van der Waals surface area (Å²) in [6, 6.07) is 7.92. The second kappa shape index (κ2) is 8.85. The third-order valence-electron chi connectivity index (χ3n) is 6.50. The Morgan fingerprint density at radius 2 is 2.03 bits per heavy atom. The van der Waals surface area contributed by atoms with E-state index in [1.165, 1.54) is 10.6 Å². The Morgan fingerprint density at radius 3 is 2.68 bits per heavy atom. The molecular formula is C24H18FN5O8. The van der Waals surface area contributed by atoms with Gasteiger partial charge in [-0.1, -0.05) is 13.0 Å². The van der Waals surface area contributed by atoms with E-state index in [4.69, 9.17) is 4.74 Å². The summed E-state index contributed by atoms with van der Waals surface area (Å²) >= 11 is 0. The van der Waals surface area contributed by atoms with Gasteiger partial charge in [-0.05, 0) is 24.6 Å². The van der Waals surface area contributed by atoms with Crippen molar-refractivity contribution in [3.63, 3.8) is 0 Å². The third-order valence-corrected chi connectivity index (χ3v) is 6.50. The number of H-pyrrole nitrogens is 2. The van der Waals surface area contributed by atoms with Gasteiger partial charge in [0.1, 0.15) is 6.61 Å². The van der Waals surface area contributed by atoms with Crippen LogP contribution in [0.2, 0.25) is 0 Å². The van der Waals surface area contributed by atoms with E-state index < -0.39 is 33.6 Å². The normalized spacial score (nSPS) is 17.1. The van der Waals surface area contributed by atoms with Crippen LogP contribution in [0.3, 0.4) is 0 Å². The van der Waals surface area contributed by atoms with Crippen molar-refractivity contribution in [3.8, 4) is 11.4 Å². The van der Waals surface area contributed by atoms with Crippen molar-refractivity contribution >= 4 is 22.6 Å². The number of hydrogen-bond donors (Lipinski definition) is 3. The molecule has 4 aromatic rings. The number of benzene rings is 1. The minimum Gasteiger partial charge on any atom is -0.458 e. The summed E-state index contributed by atoms with van der Waals surface area (Å²) in [4.78, 5) is 64.7. The molecule has 0 saturated heterocycles. The van der Waals surface area contributed by atoms with Gasteiger partial charge in [0.2, 0.25) is 5.82 Å². The quantitative estimate of drug-likeness (QED) is 0.173. The topological polar surface area (TPSA) is 190 Å². The number of pyridine rings is 2. The molecule has 14 heteroatoms. The molecule has 0 aliphatic carbocycles. The first-order valence-electron chi connectivity index (χ1n) is 11.3. The van der Waals surface area contributed by atoms with Crippen LogP contribution in [0.15, 0.2) is 50.9 Å². The van der Waals surface area contributed by atoms with E-state index in [0.29, 0.717) is 34.1 Å². The summed E-state index contributed by atoms with van der Waals surface area (Å²) in [5, 5.41) is 22.6. The van der Waals surface area contributed by atoms with Crippen LogP contribution in [0.4, 0.5) is 10.1 Å². The molecule has 1 atom stereocenters. The SMILES string of the molecule is CC[C@@]1(O)C(=O)OCc2c1cc1n(c2=O)Cc2cc3c([N+](=O)[O-])cccc3nc2-1.O=c1[nH]cc(F)c(=O)[nH]1. The molecule has 0 amide bonds. The number of aromatic nitrogens is 4. The van der Waals surface area contributed by atoms with Gasteiger partial charge >= 0.3 is 11.7 Å².